The van der Waals surface area contributed by atoms with Gasteiger partial charge in [0.1, 0.15) is 0 Å². The minimum absolute atomic E-state index is 0.483. The van der Waals surface area contributed by atoms with Gasteiger partial charge in [-0.3, -0.25) is 0 Å². The summed E-state index contributed by atoms with van der Waals surface area (Å²) in [5, 5.41) is 8.65. The fourth-order valence-electron chi connectivity index (χ4n) is 2.66. The number of nitrogens with two attached hydrogens (primary N) is 1. The molecule has 0 aliphatic heterocycles. The van der Waals surface area contributed by atoms with E-state index in [-0.39, 0.29) is 0 Å². The second-order valence-corrected chi connectivity index (χ2v) is 5.00. The molecule has 1 heterocycles. The van der Waals surface area contributed by atoms with Gasteiger partial charge >= 0.3 is 0 Å². The van der Waals surface area contributed by atoms with Gasteiger partial charge in [0.25, 0.3) is 0 Å². The summed E-state index contributed by atoms with van der Waals surface area (Å²) < 4.78 is 2.17. The van der Waals surface area contributed by atoms with Gasteiger partial charge in [0.2, 0.25) is 0 Å². The molecule has 0 atom stereocenters. The van der Waals surface area contributed by atoms with Gasteiger partial charge < -0.3 is 5.73 Å². The molecule has 90 valence electrons. The van der Waals surface area contributed by atoms with Crippen molar-refractivity contribution >= 4 is 0 Å². The van der Waals surface area contributed by atoms with Crippen LogP contribution in [0, 0.1) is 0 Å². The molecule has 0 unspecified atom stereocenters. The van der Waals surface area contributed by atoms with Crippen LogP contribution in [0.25, 0.3) is 0 Å². The number of rotatable bonds is 4. The van der Waals surface area contributed by atoms with Gasteiger partial charge in [-0.1, -0.05) is 31.9 Å². The quantitative estimate of drug-likeness (QED) is 0.848. The molecule has 4 heteroatoms. The number of hydrogen-bond acceptors (Lipinski definition) is 3. The van der Waals surface area contributed by atoms with Crippen molar-refractivity contribution in [3.8, 4) is 0 Å². The van der Waals surface area contributed by atoms with Crippen LogP contribution in [-0.2, 0) is 6.42 Å². The zero-order chi connectivity index (χ0) is 11.5. The molecule has 1 aliphatic rings. The third kappa shape index (κ3) is 2.12. The van der Waals surface area contributed by atoms with Crippen LogP contribution >= 0.6 is 0 Å². The SMILES string of the molecule is CC(C)c1c(CCN)nnn1C1CCCC1. The predicted molar refractivity (Wildman–Crippen MR) is 64.4 cm³/mol. The first-order chi connectivity index (χ1) is 7.74. The maximum atomic E-state index is 5.62. The number of nitrogens with zero attached hydrogens (tertiary/aromatic N) is 3. The van der Waals surface area contributed by atoms with E-state index in [0.29, 0.717) is 18.5 Å². The van der Waals surface area contributed by atoms with E-state index in [1.54, 1.807) is 0 Å². The molecule has 1 aromatic heterocycles. The minimum Gasteiger partial charge on any atom is -0.330 e. The van der Waals surface area contributed by atoms with E-state index in [1.165, 1.54) is 31.4 Å². The van der Waals surface area contributed by atoms with Gasteiger partial charge in [0, 0.05) is 6.42 Å². The second-order valence-electron chi connectivity index (χ2n) is 5.00. The molecule has 0 amide bonds. The van der Waals surface area contributed by atoms with Crippen molar-refractivity contribution in [1.82, 2.24) is 15.0 Å². The molecular formula is C12H22N4. The Morgan fingerprint density at radius 3 is 2.62 bits per heavy atom. The number of hydrogen-bond donors (Lipinski definition) is 1. The summed E-state index contributed by atoms with van der Waals surface area (Å²) in [5.74, 6) is 0.483. The van der Waals surface area contributed by atoms with Gasteiger partial charge in [0.05, 0.1) is 17.4 Å². The minimum atomic E-state index is 0.483. The molecule has 0 radical (unpaired) electrons. The summed E-state index contributed by atoms with van der Waals surface area (Å²) in [6.07, 6.45) is 6.01. The second kappa shape index (κ2) is 4.95. The summed E-state index contributed by atoms with van der Waals surface area (Å²) in [7, 11) is 0. The van der Waals surface area contributed by atoms with Gasteiger partial charge in [-0.15, -0.1) is 5.10 Å². The fourth-order valence-corrected chi connectivity index (χ4v) is 2.66. The third-order valence-electron chi connectivity index (χ3n) is 3.40. The fraction of sp³-hybridized carbons (Fsp3) is 0.833. The highest BCUT2D eigenvalue weighted by Gasteiger charge is 2.24. The van der Waals surface area contributed by atoms with Crippen LogP contribution < -0.4 is 5.73 Å². The molecule has 0 bridgehead atoms. The Morgan fingerprint density at radius 1 is 1.38 bits per heavy atom. The van der Waals surface area contributed by atoms with E-state index in [4.69, 9.17) is 5.73 Å². The molecule has 1 fully saturated rings. The van der Waals surface area contributed by atoms with Crippen molar-refractivity contribution in [3.05, 3.63) is 11.4 Å². The molecule has 1 aliphatic carbocycles. The molecule has 2 rings (SSSR count). The van der Waals surface area contributed by atoms with Crippen LogP contribution in [0.5, 0.6) is 0 Å². The van der Waals surface area contributed by atoms with Gasteiger partial charge in [-0.25, -0.2) is 4.68 Å². The predicted octanol–water partition coefficient (Wildman–Crippen LogP) is 2.02. The van der Waals surface area contributed by atoms with E-state index >= 15 is 0 Å². The average molecular weight is 222 g/mol. The zero-order valence-electron chi connectivity index (χ0n) is 10.3. The third-order valence-corrected chi connectivity index (χ3v) is 3.40. The van der Waals surface area contributed by atoms with E-state index in [1.807, 2.05) is 0 Å². The summed E-state index contributed by atoms with van der Waals surface area (Å²) in [4.78, 5) is 0. The Morgan fingerprint density at radius 2 is 2.06 bits per heavy atom. The van der Waals surface area contributed by atoms with E-state index in [0.717, 1.165) is 12.1 Å². The Hall–Kier alpha value is -0.900. The normalized spacial score (nSPS) is 17.5. The van der Waals surface area contributed by atoms with Crippen LogP contribution in [0.2, 0.25) is 0 Å². The van der Waals surface area contributed by atoms with Crippen molar-refractivity contribution in [1.29, 1.82) is 0 Å². The monoisotopic (exact) mass is 222 g/mol. The van der Waals surface area contributed by atoms with Gasteiger partial charge in [-0.05, 0) is 25.3 Å². The molecule has 1 aromatic rings. The summed E-state index contributed by atoms with van der Waals surface area (Å²) >= 11 is 0. The Labute approximate surface area is 97.2 Å². The highest BCUT2D eigenvalue weighted by Crippen LogP contribution is 2.32. The smallest absolute Gasteiger partial charge is 0.0874 e. The lowest BCUT2D eigenvalue weighted by molar-refractivity contribution is 0.431. The zero-order valence-corrected chi connectivity index (χ0v) is 10.3. The Bertz CT molecular complexity index is 337. The van der Waals surface area contributed by atoms with E-state index in [2.05, 4.69) is 28.8 Å². The Kier molecular flexibility index (Phi) is 3.59. The molecular weight excluding hydrogens is 200 g/mol. The highest BCUT2D eigenvalue weighted by molar-refractivity contribution is 5.15. The lowest BCUT2D eigenvalue weighted by atomic mass is 10.1. The first-order valence-corrected chi connectivity index (χ1v) is 6.38. The van der Waals surface area contributed by atoms with Crippen LogP contribution in [0.3, 0.4) is 0 Å². The van der Waals surface area contributed by atoms with Gasteiger partial charge in [-0.2, -0.15) is 0 Å². The maximum Gasteiger partial charge on any atom is 0.0874 e. The van der Waals surface area contributed by atoms with Crippen molar-refractivity contribution in [2.75, 3.05) is 6.54 Å². The first-order valence-electron chi connectivity index (χ1n) is 6.38. The van der Waals surface area contributed by atoms with E-state index in [9.17, 15) is 0 Å². The van der Waals surface area contributed by atoms with Crippen molar-refractivity contribution in [3.63, 3.8) is 0 Å². The van der Waals surface area contributed by atoms with E-state index < -0.39 is 0 Å². The van der Waals surface area contributed by atoms with Crippen LogP contribution in [-0.4, -0.2) is 21.5 Å². The molecule has 2 N–H and O–H groups in total. The van der Waals surface area contributed by atoms with Crippen LogP contribution in [0.1, 0.15) is 62.9 Å². The Balaban J connectivity index is 2.29. The lowest BCUT2D eigenvalue weighted by Crippen LogP contribution is -2.13. The molecule has 0 saturated heterocycles. The molecule has 16 heavy (non-hydrogen) atoms. The summed E-state index contributed by atoms with van der Waals surface area (Å²) in [6.45, 7) is 5.08. The average Bonchev–Trinajstić information content (AvgIpc) is 2.83. The standard InChI is InChI=1S/C12H22N4/c1-9(2)12-11(7-8-13)14-15-16(12)10-5-3-4-6-10/h9-10H,3-8,13H2,1-2H3. The van der Waals surface area contributed by atoms with Crippen molar-refractivity contribution < 1.29 is 0 Å². The van der Waals surface area contributed by atoms with Crippen LogP contribution in [0.4, 0.5) is 0 Å². The first kappa shape index (κ1) is 11.6. The van der Waals surface area contributed by atoms with Crippen molar-refractivity contribution in [2.24, 2.45) is 5.73 Å². The maximum absolute atomic E-state index is 5.62. The lowest BCUT2D eigenvalue weighted by Gasteiger charge is -2.16. The molecule has 0 aromatic carbocycles. The largest absolute Gasteiger partial charge is 0.330 e. The topological polar surface area (TPSA) is 56.7 Å². The summed E-state index contributed by atoms with van der Waals surface area (Å²) in [6, 6.07) is 0.580. The molecule has 1 saturated carbocycles. The van der Waals surface area contributed by atoms with Crippen molar-refractivity contribution in [2.45, 2.75) is 57.9 Å². The highest BCUT2D eigenvalue weighted by atomic mass is 15.4. The molecule has 4 nitrogen and oxygen atoms in total. The summed E-state index contributed by atoms with van der Waals surface area (Å²) in [5.41, 5.74) is 8.02. The number of aromatic nitrogens is 3. The van der Waals surface area contributed by atoms with Crippen LogP contribution in [0.15, 0.2) is 0 Å². The van der Waals surface area contributed by atoms with Gasteiger partial charge in [0.15, 0.2) is 0 Å². The molecule has 0 spiro atoms.